The lowest BCUT2D eigenvalue weighted by Gasteiger charge is -2.18. The molecule has 0 amide bonds. The lowest BCUT2D eigenvalue weighted by Crippen LogP contribution is -2.29. The molecule has 2 rings (SSSR count). The highest BCUT2D eigenvalue weighted by molar-refractivity contribution is 5.35. The normalized spacial score (nSPS) is 12.4. The summed E-state index contributed by atoms with van der Waals surface area (Å²) in [5.74, 6) is 4.23. The van der Waals surface area contributed by atoms with Crippen LogP contribution < -0.4 is 11.3 Å². The summed E-state index contributed by atoms with van der Waals surface area (Å²) in [6, 6.07) is 4.64. The maximum Gasteiger partial charge on any atom is 0.126 e. The van der Waals surface area contributed by atoms with Crippen LogP contribution in [-0.4, -0.2) is 4.98 Å². The highest BCUT2D eigenvalue weighted by Crippen LogP contribution is 2.24. The predicted molar refractivity (Wildman–Crippen MR) is 64.5 cm³/mol. The molecule has 0 bridgehead atoms. The highest BCUT2D eigenvalue weighted by atomic mass is 19.1. The van der Waals surface area contributed by atoms with E-state index >= 15 is 0 Å². The van der Waals surface area contributed by atoms with Gasteiger partial charge in [0.2, 0.25) is 0 Å². The van der Waals surface area contributed by atoms with Crippen LogP contribution in [0.3, 0.4) is 0 Å². The molecule has 1 atom stereocenters. The van der Waals surface area contributed by atoms with E-state index in [-0.39, 0.29) is 0 Å². The molecule has 94 valence electrons. The Morgan fingerprint density at radius 3 is 2.44 bits per heavy atom. The molecule has 0 fully saturated rings. The first-order valence-corrected chi connectivity index (χ1v) is 5.44. The van der Waals surface area contributed by atoms with Crippen molar-refractivity contribution in [3.8, 4) is 0 Å². The molecule has 18 heavy (non-hydrogen) atoms. The lowest BCUT2D eigenvalue weighted by molar-refractivity contribution is 0.565. The second-order valence-corrected chi connectivity index (χ2v) is 4.03. The van der Waals surface area contributed by atoms with Gasteiger partial charge in [0.25, 0.3) is 0 Å². The average molecular weight is 249 g/mol. The number of aryl methyl sites for hydroxylation is 1. The summed E-state index contributed by atoms with van der Waals surface area (Å²) in [5.41, 5.74) is 4.73. The largest absolute Gasteiger partial charge is 0.271 e. The van der Waals surface area contributed by atoms with Crippen LogP contribution >= 0.6 is 0 Å². The van der Waals surface area contributed by atoms with Gasteiger partial charge in [0.15, 0.2) is 0 Å². The summed E-state index contributed by atoms with van der Waals surface area (Å²) < 4.78 is 26.4. The van der Waals surface area contributed by atoms with Crippen LogP contribution in [0.15, 0.2) is 36.7 Å². The van der Waals surface area contributed by atoms with Crippen LogP contribution in [-0.2, 0) is 0 Å². The van der Waals surface area contributed by atoms with Gasteiger partial charge in [-0.1, -0.05) is 0 Å². The van der Waals surface area contributed by atoms with Gasteiger partial charge in [-0.2, -0.15) is 0 Å². The third-order valence-electron chi connectivity index (χ3n) is 2.76. The number of aromatic nitrogens is 1. The molecule has 1 heterocycles. The van der Waals surface area contributed by atoms with E-state index in [0.717, 1.165) is 17.2 Å². The van der Waals surface area contributed by atoms with Gasteiger partial charge in [0.1, 0.15) is 11.6 Å². The first-order valence-electron chi connectivity index (χ1n) is 5.44. The third-order valence-corrected chi connectivity index (χ3v) is 2.76. The Hall–Kier alpha value is -1.85. The van der Waals surface area contributed by atoms with Gasteiger partial charge in [-0.3, -0.25) is 10.8 Å². The van der Waals surface area contributed by atoms with Crippen LogP contribution in [0.5, 0.6) is 0 Å². The minimum Gasteiger partial charge on any atom is -0.271 e. The number of halogens is 2. The van der Waals surface area contributed by atoms with Crippen LogP contribution in [0.25, 0.3) is 0 Å². The number of hydrogen-bond donors (Lipinski definition) is 2. The topological polar surface area (TPSA) is 50.9 Å². The monoisotopic (exact) mass is 249 g/mol. The quantitative estimate of drug-likeness (QED) is 0.647. The van der Waals surface area contributed by atoms with Crippen molar-refractivity contribution >= 4 is 0 Å². The van der Waals surface area contributed by atoms with E-state index in [1.54, 1.807) is 18.5 Å². The zero-order valence-electron chi connectivity index (χ0n) is 9.82. The maximum absolute atomic E-state index is 13.2. The van der Waals surface area contributed by atoms with Crippen LogP contribution in [0.1, 0.15) is 22.7 Å². The Balaban J connectivity index is 2.48. The second kappa shape index (κ2) is 5.20. The first kappa shape index (κ1) is 12.6. The molecule has 0 aliphatic carbocycles. The van der Waals surface area contributed by atoms with Crippen molar-refractivity contribution in [3.63, 3.8) is 0 Å². The van der Waals surface area contributed by atoms with Crippen molar-refractivity contribution in [2.75, 3.05) is 0 Å². The molecule has 1 aromatic carbocycles. The Kier molecular flexibility index (Phi) is 3.64. The Labute approximate surface area is 104 Å². The summed E-state index contributed by atoms with van der Waals surface area (Å²) in [6.45, 7) is 1.86. The summed E-state index contributed by atoms with van der Waals surface area (Å²) in [4.78, 5) is 3.97. The van der Waals surface area contributed by atoms with Crippen LogP contribution in [0.4, 0.5) is 8.78 Å². The molecule has 0 spiro atoms. The lowest BCUT2D eigenvalue weighted by atomic mass is 9.97. The average Bonchev–Trinajstić information content (AvgIpc) is 2.31. The molecule has 0 saturated carbocycles. The molecular formula is C13H13F2N3. The van der Waals surface area contributed by atoms with Gasteiger partial charge in [-0.05, 0) is 41.8 Å². The Morgan fingerprint density at radius 2 is 1.89 bits per heavy atom. The fraction of sp³-hybridized carbons (Fsp3) is 0.154. The molecule has 3 N–H and O–H groups in total. The van der Waals surface area contributed by atoms with Crippen molar-refractivity contribution in [1.82, 2.24) is 10.4 Å². The standard InChI is InChI=1S/C13H13F2N3/c1-8-7-17-3-2-12(8)13(18-16)9-4-10(14)6-11(15)5-9/h2-7,13,18H,16H2,1H3. The van der Waals surface area contributed by atoms with E-state index in [2.05, 4.69) is 10.4 Å². The zero-order valence-corrected chi connectivity index (χ0v) is 9.82. The summed E-state index contributed by atoms with van der Waals surface area (Å²) in [7, 11) is 0. The van der Waals surface area contributed by atoms with Gasteiger partial charge in [-0.15, -0.1) is 0 Å². The second-order valence-electron chi connectivity index (χ2n) is 4.03. The maximum atomic E-state index is 13.2. The van der Waals surface area contributed by atoms with E-state index in [1.807, 2.05) is 6.92 Å². The van der Waals surface area contributed by atoms with E-state index in [4.69, 9.17) is 5.84 Å². The van der Waals surface area contributed by atoms with Crippen molar-refractivity contribution in [2.24, 2.45) is 5.84 Å². The van der Waals surface area contributed by atoms with E-state index < -0.39 is 17.7 Å². The SMILES string of the molecule is Cc1cnccc1C(NN)c1cc(F)cc(F)c1. The number of hydrogen-bond acceptors (Lipinski definition) is 3. The molecule has 1 aromatic heterocycles. The fourth-order valence-corrected chi connectivity index (χ4v) is 1.92. The molecule has 0 saturated heterocycles. The molecular weight excluding hydrogens is 236 g/mol. The molecule has 1 unspecified atom stereocenters. The van der Waals surface area contributed by atoms with Gasteiger partial charge in [0.05, 0.1) is 6.04 Å². The van der Waals surface area contributed by atoms with Crippen LogP contribution in [0, 0.1) is 18.6 Å². The molecule has 3 nitrogen and oxygen atoms in total. The van der Waals surface area contributed by atoms with Crippen LogP contribution in [0.2, 0.25) is 0 Å². The van der Waals surface area contributed by atoms with Gasteiger partial charge >= 0.3 is 0 Å². The number of hydrazine groups is 1. The summed E-state index contributed by atoms with van der Waals surface area (Å²) in [6.07, 6.45) is 3.29. The van der Waals surface area contributed by atoms with E-state index in [9.17, 15) is 8.78 Å². The number of rotatable bonds is 3. The zero-order chi connectivity index (χ0) is 13.1. The third kappa shape index (κ3) is 2.52. The number of nitrogens with one attached hydrogen (secondary N) is 1. The molecule has 0 aliphatic rings. The van der Waals surface area contributed by atoms with Crippen molar-refractivity contribution in [3.05, 3.63) is 65.0 Å². The highest BCUT2D eigenvalue weighted by Gasteiger charge is 2.16. The summed E-state index contributed by atoms with van der Waals surface area (Å²) >= 11 is 0. The number of nitrogens with zero attached hydrogens (tertiary/aromatic N) is 1. The molecule has 0 aliphatic heterocycles. The van der Waals surface area contributed by atoms with Crippen molar-refractivity contribution in [1.29, 1.82) is 0 Å². The fourth-order valence-electron chi connectivity index (χ4n) is 1.92. The van der Waals surface area contributed by atoms with Crippen molar-refractivity contribution < 1.29 is 8.78 Å². The van der Waals surface area contributed by atoms with E-state index in [0.29, 0.717) is 5.56 Å². The molecule has 2 aromatic rings. The van der Waals surface area contributed by atoms with Gasteiger partial charge in [-0.25, -0.2) is 14.2 Å². The smallest absolute Gasteiger partial charge is 0.126 e. The minimum absolute atomic E-state index is 0.435. The number of nitrogens with two attached hydrogens (primary N) is 1. The predicted octanol–water partition coefficient (Wildman–Crippen LogP) is 2.22. The van der Waals surface area contributed by atoms with Crippen molar-refractivity contribution in [2.45, 2.75) is 13.0 Å². The van der Waals surface area contributed by atoms with E-state index in [1.165, 1.54) is 12.1 Å². The molecule has 5 heteroatoms. The van der Waals surface area contributed by atoms with Gasteiger partial charge in [0, 0.05) is 18.5 Å². The minimum atomic E-state index is -0.628. The first-order chi connectivity index (χ1) is 8.61. The molecule has 0 radical (unpaired) electrons. The van der Waals surface area contributed by atoms with Gasteiger partial charge < -0.3 is 0 Å². The summed E-state index contributed by atoms with van der Waals surface area (Å²) in [5, 5.41) is 0. The Morgan fingerprint density at radius 1 is 1.22 bits per heavy atom. The number of benzene rings is 1. The Bertz CT molecular complexity index is 537. The number of pyridine rings is 1.